The van der Waals surface area contributed by atoms with E-state index in [-0.39, 0.29) is 42.3 Å². The molecule has 0 bridgehead atoms. The number of carbonyl (C=O) groups excluding carboxylic acids is 4. The molecule has 2 aromatic carbocycles. The second-order valence-corrected chi connectivity index (χ2v) is 14.4. The minimum absolute atomic E-state index is 0.0366. The summed E-state index contributed by atoms with van der Waals surface area (Å²) in [5.74, 6) is -3.38. The summed E-state index contributed by atoms with van der Waals surface area (Å²) < 4.78 is 26.8. The average molecular weight is 780 g/mol. The fraction of sp³-hybridized carbons (Fsp3) is 0.371. The number of rotatable bonds is 18. The van der Waals surface area contributed by atoms with Crippen molar-refractivity contribution in [2.45, 2.75) is 69.0 Å². The second-order valence-electron chi connectivity index (χ2n) is 12.9. The molecule has 0 radical (unpaired) electrons. The van der Waals surface area contributed by atoms with Gasteiger partial charge in [-0.15, -0.1) is 0 Å². The van der Waals surface area contributed by atoms with Crippen LogP contribution in [0.25, 0.3) is 10.9 Å². The van der Waals surface area contributed by atoms with Crippen LogP contribution in [0, 0.1) is 13.8 Å². The Bertz CT molecular complexity index is 2190. The van der Waals surface area contributed by atoms with Gasteiger partial charge in [-0.3, -0.25) is 23.9 Å². The molecule has 2 aromatic heterocycles. The topological polar surface area (TPSA) is 292 Å². The first-order chi connectivity index (χ1) is 25.9. The van der Waals surface area contributed by atoms with Crippen molar-refractivity contribution >= 4 is 74.0 Å². The molecule has 0 saturated heterocycles. The van der Waals surface area contributed by atoms with Gasteiger partial charge in [0.05, 0.1) is 28.2 Å². The first-order valence-corrected chi connectivity index (χ1v) is 18.7. The lowest BCUT2D eigenvalue weighted by Gasteiger charge is -2.26. The van der Waals surface area contributed by atoms with Crippen LogP contribution >= 0.6 is 0 Å². The zero-order chi connectivity index (χ0) is 40.6. The number of carboxylic acids is 1. The fourth-order valence-electron chi connectivity index (χ4n) is 5.67. The highest BCUT2D eigenvalue weighted by molar-refractivity contribution is 7.89. The molecular formula is C35H45N11O8S. The number of aryl methyl sites for hydroxylation is 3. The number of hydrogen-bond donors (Lipinski definition) is 6. The third kappa shape index (κ3) is 10.4. The molecule has 3 amide bonds. The lowest BCUT2D eigenvalue weighted by molar-refractivity contribution is -0.137. The van der Waals surface area contributed by atoms with Crippen molar-refractivity contribution in [1.29, 1.82) is 0 Å². The number of amides is 3. The Balaban J connectivity index is 1.71. The number of sulfonamides is 1. The summed E-state index contributed by atoms with van der Waals surface area (Å²) in [6, 6.07) is 7.73. The maximum absolute atomic E-state index is 14.3. The summed E-state index contributed by atoms with van der Waals surface area (Å²) in [6.07, 6.45) is 0.547. The number of aromatic nitrogens is 4. The predicted molar refractivity (Wildman–Crippen MR) is 203 cm³/mol. The van der Waals surface area contributed by atoms with E-state index in [2.05, 4.69) is 25.7 Å². The van der Waals surface area contributed by atoms with Crippen molar-refractivity contribution in [3.05, 3.63) is 59.9 Å². The van der Waals surface area contributed by atoms with Crippen LogP contribution < -0.4 is 37.0 Å². The van der Waals surface area contributed by atoms with Gasteiger partial charge in [-0.2, -0.15) is 10.1 Å². The summed E-state index contributed by atoms with van der Waals surface area (Å²) in [5.41, 5.74) is 14.2. The number of hydrogen-bond acceptors (Lipinski definition) is 13. The van der Waals surface area contributed by atoms with Crippen LogP contribution in [0.4, 0.5) is 23.1 Å². The van der Waals surface area contributed by atoms with Gasteiger partial charge in [0.1, 0.15) is 18.1 Å². The van der Waals surface area contributed by atoms with Crippen LogP contribution in [0.3, 0.4) is 0 Å². The van der Waals surface area contributed by atoms with Crippen molar-refractivity contribution in [2.24, 2.45) is 23.7 Å². The Kier molecular flexibility index (Phi) is 13.7. The van der Waals surface area contributed by atoms with Crippen LogP contribution in [0.2, 0.25) is 0 Å². The van der Waals surface area contributed by atoms with Gasteiger partial charge in [-0.1, -0.05) is 6.07 Å². The molecule has 0 saturated carbocycles. The number of fused-ring (bicyclic) bond motifs is 1. The van der Waals surface area contributed by atoms with Gasteiger partial charge in [-0.05, 0) is 81.6 Å². The minimum Gasteiger partial charge on any atom is -0.481 e. The summed E-state index contributed by atoms with van der Waals surface area (Å²) >= 11 is 0. The van der Waals surface area contributed by atoms with Crippen molar-refractivity contribution in [3.8, 4) is 0 Å². The fourth-order valence-corrected chi connectivity index (χ4v) is 6.48. The molecule has 2 heterocycles. The van der Waals surface area contributed by atoms with E-state index in [9.17, 15) is 32.4 Å². The molecule has 0 spiro atoms. The molecular weight excluding hydrogens is 735 g/mol. The summed E-state index contributed by atoms with van der Waals surface area (Å²) in [4.78, 5) is 74.8. The Labute approximate surface area is 317 Å². The average Bonchev–Trinajstić information content (AvgIpc) is 3.43. The molecule has 4 aromatic rings. The van der Waals surface area contributed by atoms with Crippen LogP contribution in [-0.4, -0.2) is 95.0 Å². The van der Waals surface area contributed by atoms with E-state index >= 15 is 0 Å². The molecule has 3 atom stereocenters. The van der Waals surface area contributed by atoms with Gasteiger partial charge < -0.3 is 36.9 Å². The number of primary sulfonamides is 1. The lowest BCUT2D eigenvalue weighted by atomic mass is 10.1. The number of carboxylic acid groups (broad SMARTS) is 1. The molecule has 9 N–H and O–H groups in total. The van der Waals surface area contributed by atoms with E-state index in [1.165, 1.54) is 31.3 Å². The van der Waals surface area contributed by atoms with Crippen molar-refractivity contribution in [3.63, 3.8) is 0 Å². The number of anilines is 4. The Morgan fingerprint density at radius 2 is 1.69 bits per heavy atom. The molecule has 0 aliphatic heterocycles. The van der Waals surface area contributed by atoms with E-state index in [0.29, 0.717) is 17.7 Å². The van der Waals surface area contributed by atoms with Gasteiger partial charge in [0.25, 0.3) is 0 Å². The summed E-state index contributed by atoms with van der Waals surface area (Å²) in [5, 5.41) is 25.0. The van der Waals surface area contributed by atoms with Gasteiger partial charge in [0.15, 0.2) is 0 Å². The zero-order valence-corrected chi connectivity index (χ0v) is 31.6. The molecule has 294 valence electrons. The highest BCUT2D eigenvalue weighted by Gasteiger charge is 2.30. The molecule has 0 aliphatic carbocycles. The van der Waals surface area contributed by atoms with Gasteiger partial charge in [-0.25, -0.2) is 23.4 Å². The highest BCUT2D eigenvalue weighted by Crippen LogP contribution is 2.31. The van der Waals surface area contributed by atoms with Gasteiger partial charge >= 0.3 is 5.97 Å². The number of nitrogens with one attached hydrogen (secondary N) is 2. The number of aliphatic carboxylic acids is 1. The normalized spacial score (nSPS) is 13.1. The third-order valence-corrected chi connectivity index (χ3v) is 9.97. The SMILES string of the molecule is Cc1ccc(N(C(=O)CC[C@H](NC(=O)[C@@H](N)CCC(=O)O)C(=O)N[C@H](C=O)CCN)c2nccc(N(C)c3ccc4c(C)n(C)nc4c3)n2)cc1S(N)(=O)=O. The highest BCUT2D eigenvalue weighted by atomic mass is 32.2. The molecule has 4 rings (SSSR count). The maximum Gasteiger partial charge on any atom is 0.303 e. The zero-order valence-electron chi connectivity index (χ0n) is 30.8. The van der Waals surface area contributed by atoms with Crippen LogP contribution in [0.15, 0.2) is 53.6 Å². The van der Waals surface area contributed by atoms with E-state index < -0.39 is 64.7 Å². The molecule has 0 aliphatic rings. The number of nitrogens with zero attached hydrogens (tertiary/aromatic N) is 6. The number of carbonyl (C=O) groups is 5. The van der Waals surface area contributed by atoms with Crippen LogP contribution in [-0.2, 0) is 41.0 Å². The maximum atomic E-state index is 14.3. The predicted octanol–water partition coefficient (Wildman–Crippen LogP) is 0.550. The molecule has 0 unspecified atom stereocenters. The largest absolute Gasteiger partial charge is 0.481 e. The van der Waals surface area contributed by atoms with E-state index in [4.69, 9.17) is 21.7 Å². The smallest absolute Gasteiger partial charge is 0.303 e. The Hall–Kier alpha value is -5.83. The molecule has 19 nitrogen and oxygen atoms in total. The van der Waals surface area contributed by atoms with Crippen LogP contribution in [0.5, 0.6) is 0 Å². The minimum atomic E-state index is -4.24. The van der Waals surface area contributed by atoms with E-state index in [1.807, 2.05) is 32.2 Å². The third-order valence-electron chi connectivity index (χ3n) is 8.91. The first kappa shape index (κ1) is 41.9. The summed E-state index contributed by atoms with van der Waals surface area (Å²) in [7, 11) is -0.644. The Morgan fingerprint density at radius 3 is 2.35 bits per heavy atom. The quantitative estimate of drug-likeness (QED) is 0.0752. The van der Waals surface area contributed by atoms with Crippen molar-refractivity contribution < 1.29 is 37.5 Å². The first-order valence-electron chi connectivity index (χ1n) is 17.1. The standard InChI is InChI=1S/C35H45N11O8S/c1-20-5-6-24(18-29(20)55(38,53)54)46(35-39-16-14-30(42-35)44(3)23-7-8-25-21(2)45(4)43-28(25)17-23)31(48)11-10-27(34(52)40-22(19-47)13-15-36)41-33(51)26(37)9-12-32(49)50/h5-8,14,16-19,22,26-27H,9-13,15,36-37H2,1-4H3,(H,40,52)(H,41,51)(H,49,50)(H2,38,53,54)/t22-,26-,27-/m0/s1. The lowest BCUT2D eigenvalue weighted by Crippen LogP contribution is -2.54. The van der Waals surface area contributed by atoms with E-state index in [1.54, 1.807) is 22.7 Å². The number of nitrogens with two attached hydrogens (primary N) is 3. The second kappa shape index (κ2) is 18.0. The van der Waals surface area contributed by atoms with Gasteiger partial charge in [0.2, 0.25) is 33.7 Å². The van der Waals surface area contributed by atoms with E-state index in [0.717, 1.165) is 27.2 Å². The summed E-state index contributed by atoms with van der Waals surface area (Å²) in [6.45, 7) is 3.56. The molecule has 0 fully saturated rings. The van der Waals surface area contributed by atoms with Crippen molar-refractivity contribution in [2.75, 3.05) is 23.4 Å². The monoisotopic (exact) mass is 779 g/mol. The molecule has 20 heteroatoms. The van der Waals surface area contributed by atoms with Gasteiger partial charge in [0, 0.05) is 49.9 Å². The number of aldehydes is 1. The van der Waals surface area contributed by atoms with Crippen LogP contribution in [0.1, 0.15) is 43.4 Å². The van der Waals surface area contributed by atoms with Crippen molar-refractivity contribution in [1.82, 2.24) is 30.4 Å². The Morgan fingerprint density at radius 1 is 0.982 bits per heavy atom. The number of benzene rings is 2. The molecule has 55 heavy (non-hydrogen) atoms.